The van der Waals surface area contributed by atoms with Crippen LogP contribution in [0, 0.1) is 0 Å². The van der Waals surface area contributed by atoms with Crippen molar-refractivity contribution in [3.05, 3.63) is 64.6 Å². The van der Waals surface area contributed by atoms with Crippen molar-refractivity contribution in [2.24, 2.45) is 4.99 Å². The molecule has 2 aromatic carbocycles. The van der Waals surface area contributed by atoms with Crippen LogP contribution in [0.3, 0.4) is 0 Å². The maximum absolute atomic E-state index is 4.57. The average molecular weight is 351 g/mol. The molecule has 0 spiro atoms. The predicted molar refractivity (Wildman–Crippen MR) is 92.8 cm³/mol. The van der Waals surface area contributed by atoms with Crippen LogP contribution in [0.5, 0.6) is 0 Å². The van der Waals surface area contributed by atoms with Crippen LogP contribution in [0.2, 0.25) is 0 Å². The molecule has 0 saturated carbocycles. The molecular formula is C17H11BrN4. The van der Waals surface area contributed by atoms with E-state index in [9.17, 15) is 0 Å². The van der Waals surface area contributed by atoms with E-state index >= 15 is 0 Å². The molecule has 0 atom stereocenters. The number of rotatable bonds is 2. The summed E-state index contributed by atoms with van der Waals surface area (Å²) in [6.07, 6.45) is 1.80. The largest absolute Gasteiger partial charge is 0.259 e. The minimum atomic E-state index is 0.649. The molecule has 0 unspecified atom stereocenters. The Hall–Kier alpha value is -2.53. The van der Waals surface area contributed by atoms with E-state index in [0.717, 1.165) is 32.0 Å². The molecule has 4 rings (SSSR count). The summed E-state index contributed by atoms with van der Waals surface area (Å²) < 4.78 is 1.05. The Kier molecular flexibility index (Phi) is 3.20. The van der Waals surface area contributed by atoms with Crippen molar-refractivity contribution >= 4 is 49.9 Å². The topological polar surface area (TPSA) is 53.9 Å². The van der Waals surface area contributed by atoms with Gasteiger partial charge in [-0.25, -0.2) is 9.98 Å². The summed E-state index contributed by atoms with van der Waals surface area (Å²) in [6, 6.07) is 18.0. The van der Waals surface area contributed by atoms with Gasteiger partial charge in [0.05, 0.1) is 10.9 Å². The van der Waals surface area contributed by atoms with Gasteiger partial charge in [0, 0.05) is 16.1 Å². The van der Waals surface area contributed by atoms with Crippen molar-refractivity contribution in [1.29, 1.82) is 0 Å². The Balaban J connectivity index is 1.78. The number of pyridine rings is 1. The third-order valence-corrected chi connectivity index (χ3v) is 3.97. The first kappa shape index (κ1) is 13.2. The summed E-state index contributed by atoms with van der Waals surface area (Å²) in [7, 11) is 0. The molecule has 0 aliphatic heterocycles. The molecule has 0 fully saturated rings. The van der Waals surface area contributed by atoms with Gasteiger partial charge in [-0.1, -0.05) is 46.3 Å². The molecule has 0 aliphatic carbocycles. The van der Waals surface area contributed by atoms with Crippen LogP contribution in [-0.2, 0) is 0 Å². The first-order valence-corrected chi connectivity index (χ1v) is 7.62. The molecule has 0 radical (unpaired) electrons. The zero-order chi connectivity index (χ0) is 14.9. The van der Waals surface area contributed by atoms with Crippen molar-refractivity contribution < 1.29 is 0 Å². The highest BCUT2D eigenvalue weighted by Gasteiger charge is 2.06. The number of aliphatic imine (C=N–C) groups is 1. The molecule has 0 bridgehead atoms. The fourth-order valence-corrected chi connectivity index (χ4v) is 2.59. The Morgan fingerprint density at radius 3 is 2.73 bits per heavy atom. The van der Waals surface area contributed by atoms with Crippen LogP contribution < -0.4 is 0 Å². The van der Waals surface area contributed by atoms with Crippen LogP contribution in [-0.4, -0.2) is 21.4 Å². The van der Waals surface area contributed by atoms with Crippen LogP contribution in [0.15, 0.2) is 64.1 Å². The second kappa shape index (κ2) is 5.35. The Labute approximate surface area is 135 Å². The van der Waals surface area contributed by atoms with Crippen molar-refractivity contribution in [3.63, 3.8) is 0 Å². The lowest BCUT2D eigenvalue weighted by Crippen LogP contribution is -1.80. The normalized spacial score (nSPS) is 11.7. The molecule has 0 amide bonds. The molecule has 1 N–H and O–H groups in total. The molecule has 2 aromatic heterocycles. The van der Waals surface area contributed by atoms with E-state index in [1.807, 2.05) is 48.5 Å². The van der Waals surface area contributed by atoms with Gasteiger partial charge >= 0.3 is 0 Å². The zero-order valence-electron chi connectivity index (χ0n) is 11.5. The first-order chi connectivity index (χ1) is 10.8. The van der Waals surface area contributed by atoms with Gasteiger partial charge < -0.3 is 0 Å². The SMILES string of the molecule is Brc1ccc(C=Nc2n[nH]c3nc4ccccc4cc23)cc1. The number of nitrogens with zero attached hydrogens (tertiary/aromatic N) is 3. The summed E-state index contributed by atoms with van der Waals surface area (Å²) in [5.74, 6) is 0.649. The van der Waals surface area contributed by atoms with Crippen molar-refractivity contribution in [2.75, 3.05) is 0 Å². The third kappa shape index (κ3) is 2.40. The van der Waals surface area contributed by atoms with E-state index in [0.29, 0.717) is 5.82 Å². The van der Waals surface area contributed by atoms with Crippen LogP contribution >= 0.6 is 15.9 Å². The summed E-state index contributed by atoms with van der Waals surface area (Å²) >= 11 is 3.42. The highest BCUT2D eigenvalue weighted by Crippen LogP contribution is 2.25. The Morgan fingerprint density at radius 2 is 1.86 bits per heavy atom. The van der Waals surface area contributed by atoms with E-state index in [1.54, 1.807) is 6.21 Å². The Bertz CT molecular complexity index is 987. The number of fused-ring (bicyclic) bond motifs is 2. The van der Waals surface area contributed by atoms with E-state index in [1.165, 1.54) is 0 Å². The summed E-state index contributed by atoms with van der Waals surface area (Å²) in [4.78, 5) is 9.05. The lowest BCUT2D eigenvalue weighted by atomic mass is 10.2. The quantitative estimate of drug-likeness (QED) is 0.536. The lowest BCUT2D eigenvalue weighted by molar-refractivity contribution is 1.09. The first-order valence-electron chi connectivity index (χ1n) is 6.83. The van der Waals surface area contributed by atoms with Gasteiger partial charge in [-0.05, 0) is 29.8 Å². The van der Waals surface area contributed by atoms with Gasteiger partial charge in [-0.3, -0.25) is 5.10 Å². The standard InChI is InChI=1S/C17H11BrN4/c18-13-7-5-11(6-8-13)10-19-16-14-9-12-3-1-2-4-15(12)20-17(14)22-21-16/h1-10H,(H,20,21,22). The average Bonchev–Trinajstić information content (AvgIpc) is 2.94. The minimum Gasteiger partial charge on any atom is -0.259 e. The number of benzene rings is 2. The van der Waals surface area contributed by atoms with Crippen molar-refractivity contribution in [3.8, 4) is 0 Å². The lowest BCUT2D eigenvalue weighted by Gasteiger charge is -1.97. The number of halogens is 1. The van der Waals surface area contributed by atoms with Gasteiger partial charge in [0.2, 0.25) is 0 Å². The van der Waals surface area contributed by atoms with Crippen LogP contribution in [0.25, 0.3) is 21.9 Å². The third-order valence-electron chi connectivity index (χ3n) is 3.44. The summed E-state index contributed by atoms with van der Waals surface area (Å²) in [5.41, 5.74) is 2.72. The summed E-state index contributed by atoms with van der Waals surface area (Å²) in [5, 5.41) is 9.20. The molecule has 106 valence electrons. The predicted octanol–water partition coefficient (Wildman–Crippen LogP) is 4.62. The molecule has 0 aliphatic rings. The van der Waals surface area contributed by atoms with Gasteiger partial charge in [0.1, 0.15) is 0 Å². The maximum Gasteiger partial charge on any atom is 0.183 e. The highest BCUT2D eigenvalue weighted by molar-refractivity contribution is 9.10. The minimum absolute atomic E-state index is 0.649. The van der Waals surface area contributed by atoms with Gasteiger partial charge in [0.15, 0.2) is 11.5 Å². The van der Waals surface area contributed by atoms with E-state index in [-0.39, 0.29) is 0 Å². The molecular weight excluding hydrogens is 340 g/mol. The molecule has 0 saturated heterocycles. The van der Waals surface area contributed by atoms with Crippen molar-refractivity contribution in [2.45, 2.75) is 0 Å². The molecule has 4 nitrogen and oxygen atoms in total. The number of nitrogens with one attached hydrogen (secondary N) is 1. The monoisotopic (exact) mass is 350 g/mol. The maximum atomic E-state index is 4.57. The molecule has 22 heavy (non-hydrogen) atoms. The number of para-hydroxylation sites is 1. The summed E-state index contributed by atoms with van der Waals surface area (Å²) in [6.45, 7) is 0. The van der Waals surface area contributed by atoms with Crippen molar-refractivity contribution in [1.82, 2.24) is 15.2 Å². The van der Waals surface area contributed by atoms with Gasteiger partial charge in [-0.15, -0.1) is 0 Å². The number of hydrogen-bond donors (Lipinski definition) is 1. The second-order valence-corrected chi connectivity index (χ2v) is 5.85. The number of aromatic nitrogens is 3. The number of aromatic amines is 1. The van der Waals surface area contributed by atoms with Gasteiger partial charge in [0.25, 0.3) is 0 Å². The van der Waals surface area contributed by atoms with E-state index in [4.69, 9.17) is 0 Å². The molecule has 5 heteroatoms. The second-order valence-electron chi connectivity index (χ2n) is 4.93. The van der Waals surface area contributed by atoms with Crippen LogP contribution in [0.1, 0.15) is 5.56 Å². The molecule has 4 aromatic rings. The van der Waals surface area contributed by atoms with Gasteiger partial charge in [-0.2, -0.15) is 5.10 Å². The number of H-pyrrole nitrogens is 1. The Morgan fingerprint density at radius 1 is 1.05 bits per heavy atom. The van der Waals surface area contributed by atoms with Crippen LogP contribution in [0.4, 0.5) is 5.82 Å². The highest BCUT2D eigenvalue weighted by atomic mass is 79.9. The number of hydrogen-bond acceptors (Lipinski definition) is 3. The smallest absolute Gasteiger partial charge is 0.183 e. The van der Waals surface area contributed by atoms with E-state index in [2.05, 4.69) is 42.2 Å². The fourth-order valence-electron chi connectivity index (χ4n) is 2.32. The van der Waals surface area contributed by atoms with E-state index < -0.39 is 0 Å². The zero-order valence-corrected chi connectivity index (χ0v) is 13.1. The fraction of sp³-hybridized carbons (Fsp3) is 0. The molecule has 2 heterocycles.